The van der Waals surface area contributed by atoms with Crippen LogP contribution >= 0.6 is 11.6 Å². The van der Waals surface area contributed by atoms with Crippen molar-refractivity contribution in [2.45, 2.75) is 58.2 Å². The molecule has 0 radical (unpaired) electrons. The third-order valence-corrected chi connectivity index (χ3v) is 6.44. The number of hydrogen-bond donors (Lipinski definition) is 3. The number of carbonyl (C=O) groups excluding carboxylic acids is 1. The van der Waals surface area contributed by atoms with Gasteiger partial charge in [-0.25, -0.2) is 24.1 Å². The van der Waals surface area contributed by atoms with Crippen LogP contribution in [-0.4, -0.2) is 49.5 Å². The van der Waals surface area contributed by atoms with Crippen molar-refractivity contribution in [3.05, 3.63) is 35.0 Å². The number of nitrogens with zero attached hydrogens (tertiary/aromatic N) is 4. The van der Waals surface area contributed by atoms with E-state index in [2.05, 4.69) is 20.3 Å². The first kappa shape index (κ1) is 24.2. The average Bonchev–Trinajstić information content (AvgIpc) is 3.11. The predicted molar refractivity (Wildman–Crippen MR) is 127 cm³/mol. The summed E-state index contributed by atoms with van der Waals surface area (Å²) in [6.07, 6.45) is 1.77. The molecule has 0 unspecified atom stereocenters. The van der Waals surface area contributed by atoms with E-state index in [1.54, 1.807) is 0 Å². The summed E-state index contributed by atoms with van der Waals surface area (Å²) in [6.45, 7) is 6.05. The number of rotatable bonds is 6. The molecule has 3 aromatic rings. The molecule has 11 heteroatoms. The molecule has 9 nitrogen and oxygen atoms in total. The van der Waals surface area contributed by atoms with Gasteiger partial charge in [-0.3, -0.25) is 0 Å². The molecule has 0 bridgehead atoms. The van der Waals surface area contributed by atoms with Crippen LogP contribution < -0.4 is 11.1 Å². The predicted octanol–water partition coefficient (Wildman–Crippen LogP) is 4.21. The molecule has 0 aliphatic heterocycles. The molecule has 182 valence electrons. The molecule has 1 fully saturated rings. The fourth-order valence-corrected chi connectivity index (χ4v) is 4.81. The smallest absolute Gasteiger partial charge is 0.404 e. The van der Waals surface area contributed by atoms with Gasteiger partial charge in [0.15, 0.2) is 5.82 Å². The number of benzene rings is 1. The van der Waals surface area contributed by atoms with Crippen molar-refractivity contribution >= 4 is 34.7 Å². The number of carbonyl (C=O) groups is 1. The molecule has 4 rings (SSSR count). The summed E-state index contributed by atoms with van der Waals surface area (Å²) >= 11 is 6.39. The molecule has 1 saturated carbocycles. The minimum Gasteiger partial charge on any atom is -0.449 e. The Morgan fingerprint density at radius 3 is 2.82 bits per heavy atom. The third-order valence-electron chi connectivity index (χ3n) is 6.16. The number of fused-ring (bicyclic) bond motifs is 1. The number of ether oxygens (including phenoxy) is 1. The number of aliphatic hydroxyl groups excluding tert-OH is 1. The van der Waals surface area contributed by atoms with E-state index in [-0.39, 0.29) is 35.6 Å². The van der Waals surface area contributed by atoms with E-state index in [4.69, 9.17) is 22.1 Å². The first-order chi connectivity index (χ1) is 16.1. The second kappa shape index (κ2) is 9.71. The summed E-state index contributed by atoms with van der Waals surface area (Å²) in [7, 11) is 0. The van der Waals surface area contributed by atoms with Crippen molar-refractivity contribution in [3.63, 3.8) is 0 Å². The van der Waals surface area contributed by atoms with E-state index in [1.807, 2.05) is 31.4 Å². The summed E-state index contributed by atoms with van der Waals surface area (Å²) in [4.78, 5) is 24.0. The Balaban J connectivity index is 1.58. The van der Waals surface area contributed by atoms with Gasteiger partial charge >= 0.3 is 6.09 Å². The van der Waals surface area contributed by atoms with E-state index in [0.29, 0.717) is 35.1 Å². The van der Waals surface area contributed by atoms with Crippen molar-refractivity contribution in [1.82, 2.24) is 19.5 Å². The minimum atomic E-state index is -0.821. The van der Waals surface area contributed by atoms with Crippen LogP contribution in [0.3, 0.4) is 0 Å². The largest absolute Gasteiger partial charge is 0.449 e. The van der Waals surface area contributed by atoms with Crippen molar-refractivity contribution in [1.29, 1.82) is 0 Å². The van der Waals surface area contributed by atoms with Crippen molar-refractivity contribution in [2.24, 2.45) is 11.7 Å². The van der Waals surface area contributed by atoms with Crippen LogP contribution in [-0.2, 0) is 4.74 Å². The Bertz CT molecular complexity index is 1220. The number of primary amides is 1. The highest BCUT2D eigenvalue weighted by molar-refractivity contribution is 6.33. The van der Waals surface area contributed by atoms with Gasteiger partial charge in [-0.1, -0.05) is 11.6 Å². The number of nitrogens with one attached hydrogen (secondary N) is 1. The molecule has 4 N–H and O–H groups in total. The highest BCUT2D eigenvalue weighted by atomic mass is 35.5. The van der Waals surface area contributed by atoms with Crippen molar-refractivity contribution < 1.29 is 19.0 Å². The van der Waals surface area contributed by atoms with Gasteiger partial charge in [-0.15, -0.1) is 0 Å². The number of anilines is 1. The molecular weight excluding hydrogens is 463 g/mol. The molecule has 0 spiro atoms. The molecule has 2 aromatic heterocycles. The van der Waals surface area contributed by atoms with Crippen molar-refractivity contribution in [2.75, 3.05) is 11.9 Å². The highest BCUT2D eigenvalue weighted by Crippen LogP contribution is 2.33. The third kappa shape index (κ3) is 4.92. The van der Waals surface area contributed by atoms with Gasteiger partial charge in [-0.2, -0.15) is 0 Å². The average molecular weight is 491 g/mol. The number of nitrogens with two attached hydrogens (primary N) is 1. The normalized spacial score (nSPS) is 20.6. The molecule has 1 aliphatic rings. The minimum absolute atomic E-state index is 0.0335. The number of aromatic nitrogens is 4. The van der Waals surface area contributed by atoms with E-state index in [1.165, 1.54) is 12.3 Å². The van der Waals surface area contributed by atoms with Crippen LogP contribution in [0.4, 0.5) is 15.1 Å². The van der Waals surface area contributed by atoms with Crippen LogP contribution in [0.15, 0.2) is 18.3 Å². The zero-order valence-corrected chi connectivity index (χ0v) is 20.0. The lowest BCUT2D eigenvalue weighted by molar-refractivity contribution is 0.0571. The Kier molecular flexibility index (Phi) is 6.90. The van der Waals surface area contributed by atoms with Crippen LogP contribution in [0.2, 0.25) is 5.02 Å². The number of halogens is 2. The Morgan fingerprint density at radius 2 is 2.15 bits per heavy atom. The number of amides is 1. The maximum absolute atomic E-state index is 14.9. The fourth-order valence-electron chi connectivity index (χ4n) is 4.61. The zero-order valence-electron chi connectivity index (χ0n) is 19.3. The van der Waals surface area contributed by atoms with Gasteiger partial charge in [0, 0.05) is 11.6 Å². The molecule has 0 saturated heterocycles. The summed E-state index contributed by atoms with van der Waals surface area (Å²) < 4.78 is 21.8. The van der Waals surface area contributed by atoms with Gasteiger partial charge in [0.05, 0.1) is 41.2 Å². The quantitative estimate of drug-likeness (QED) is 0.472. The van der Waals surface area contributed by atoms with E-state index >= 15 is 0 Å². The maximum atomic E-state index is 14.9. The monoisotopic (exact) mass is 490 g/mol. The second-order valence-corrected chi connectivity index (χ2v) is 9.37. The fraction of sp³-hybridized carbons (Fsp3) is 0.478. The van der Waals surface area contributed by atoms with Crippen LogP contribution in [0.25, 0.3) is 22.3 Å². The number of aliphatic hydroxyl groups is 1. The molecule has 3 atom stereocenters. The molecule has 34 heavy (non-hydrogen) atoms. The Hall–Kier alpha value is -2.98. The lowest BCUT2D eigenvalue weighted by Crippen LogP contribution is -2.41. The van der Waals surface area contributed by atoms with E-state index < -0.39 is 18.0 Å². The van der Waals surface area contributed by atoms with Gasteiger partial charge in [0.1, 0.15) is 11.3 Å². The lowest BCUT2D eigenvalue weighted by Gasteiger charge is -2.33. The van der Waals surface area contributed by atoms with Gasteiger partial charge < -0.3 is 25.5 Å². The van der Waals surface area contributed by atoms with E-state index in [0.717, 1.165) is 12.2 Å². The van der Waals surface area contributed by atoms with E-state index in [9.17, 15) is 14.3 Å². The number of imidazole rings is 1. The number of aryl methyl sites for hydroxylation is 1. The number of hydrogen-bond acceptors (Lipinski definition) is 7. The van der Waals surface area contributed by atoms with Crippen LogP contribution in [0.5, 0.6) is 0 Å². The summed E-state index contributed by atoms with van der Waals surface area (Å²) in [6, 6.07) is 3.01. The first-order valence-corrected chi connectivity index (χ1v) is 11.6. The molecule has 1 aliphatic carbocycles. The van der Waals surface area contributed by atoms with Gasteiger partial charge in [0.2, 0.25) is 5.95 Å². The standard InChI is InChI=1S/C23H28ClFN6O3/c1-11(2)31-12(3)28-21-16(25)7-14(8-18(21)31)20-15(24)9-27-23(30-20)29-17-5-4-13(6-19(17)32)10-34-22(26)33/h7-9,11,13,17,19,32H,4-6,10H2,1-3H3,(H2,26,33)(H,27,29,30)/t13-,17-,19-/m0/s1. The summed E-state index contributed by atoms with van der Waals surface area (Å²) in [5.41, 5.74) is 6.88. The lowest BCUT2D eigenvalue weighted by atomic mass is 9.84. The molecule has 1 aromatic carbocycles. The summed E-state index contributed by atoms with van der Waals surface area (Å²) in [5.74, 6) is 0.588. The molecule has 2 heterocycles. The second-order valence-electron chi connectivity index (χ2n) is 8.97. The molecule has 1 amide bonds. The topological polar surface area (TPSA) is 128 Å². The first-order valence-electron chi connectivity index (χ1n) is 11.2. The molecular formula is C23H28ClFN6O3. The summed E-state index contributed by atoms with van der Waals surface area (Å²) in [5, 5.41) is 14.0. The van der Waals surface area contributed by atoms with Gasteiger partial charge in [-0.05, 0) is 58.1 Å². The highest BCUT2D eigenvalue weighted by Gasteiger charge is 2.30. The Morgan fingerprint density at radius 1 is 1.38 bits per heavy atom. The zero-order chi connectivity index (χ0) is 24.6. The Labute approximate surface area is 201 Å². The maximum Gasteiger partial charge on any atom is 0.404 e. The SMILES string of the molecule is Cc1nc2c(F)cc(-c3nc(N[C@H]4CC[C@H](COC(N)=O)C[C@@H]4O)ncc3Cl)cc2n1C(C)C. The van der Waals surface area contributed by atoms with Crippen LogP contribution in [0, 0.1) is 18.7 Å². The van der Waals surface area contributed by atoms with Crippen molar-refractivity contribution in [3.8, 4) is 11.3 Å². The van der Waals surface area contributed by atoms with Gasteiger partial charge in [0.25, 0.3) is 0 Å². The van der Waals surface area contributed by atoms with Crippen LogP contribution in [0.1, 0.15) is 45.0 Å².